The van der Waals surface area contributed by atoms with Crippen molar-refractivity contribution in [2.24, 2.45) is 0 Å². The second-order valence-electron chi connectivity index (χ2n) is 5.05. The lowest BCUT2D eigenvalue weighted by Gasteiger charge is -2.19. The van der Waals surface area contributed by atoms with Crippen LogP contribution < -0.4 is 0 Å². The number of carbonyl (C=O) groups excluding carboxylic acids is 2. The van der Waals surface area contributed by atoms with Crippen LogP contribution in [0, 0.1) is 0 Å². The summed E-state index contributed by atoms with van der Waals surface area (Å²) in [6.07, 6.45) is 6.13. The molecule has 1 aromatic heterocycles. The van der Waals surface area contributed by atoms with Crippen molar-refractivity contribution in [1.29, 1.82) is 0 Å². The molecule has 0 saturated heterocycles. The zero-order valence-corrected chi connectivity index (χ0v) is 13.2. The van der Waals surface area contributed by atoms with Gasteiger partial charge in [-0.15, -0.1) is 17.9 Å². The summed E-state index contributed by atoms with van der Waals surface area (Å²) in [4.78, 5) is 27.7. The predicted molar refractivity (Wildman–Crippen MR) is 83.7 cm³/mol. The lowest BCUT2D eigenvalue weighted by molar-refractivity contribution is -0.143. The van der Waals surface area contributed by atoms with Gasteiger partial charge in [0.25, 0.3) is 5.91 Å². The van der Waals surface area contributed by atoms with Gasteiger partial charge >= 0.3 is 5.97 Å². The highest BCUT2D eigenvalue weighted by Gasteiger charge is 2.22. The minimum absolute atomic E-state index is 0.0265. The fraction of sp³-hybridized carbons (Fsp3) is 0.500. The van der Waals surface area contributed by atoms with Crippen LogP contribution in [0.25, 0.3) is 0 Å². The Bertz CT molecular complexity index is 512. The number of esters is 1. The van der Waals surface area contributed by atoms with Crippen LogP contribution in [-0.4, -0.2) is 36.5 Å². The molecule has 0 unspecified atom stereocenters. The van der Waals surface area contributed by atoms with E-state index < -0.39 is 0 Å². The van der Waals surface area contributed by atoms with E-state index in [1.54, 1.807) is 24.3 Å². The van der Waals surface area contributed by atoms with Crippen LogP contribution in [0.5, 0.6) is 0 Å². The van der Waals surface area contributed by atoms with E-state index in [1.165, 1.54) is 28.2 Å². The topological polar surface area (TPSA) is 46.6 Å². The number of ether oxygens (including phenoxy) is 1. The third kappa shape index (κ3) is 3.94. The van der Waals surface area contributed by atoms with Crippen LogP contribution in [0.4, 0.5) is 0 Å². The standard InChI is InChI=1S/C16H21NO3S/c1-3-9-17(11-15(18)20-4-2)16(19)14-10-12-7-5-6-8-13(12)21-14/h3,10H,1,4-9,11H2,2H3. The largest absolute Gasteiger partial charge is 0.465 e. The first kappa shape index (κ1) is 15.8. The van der Waals surface area contributed by atoms with Gasteiger partial charge in [-0.05, 0) is 44.2 Å². The Morgan fingerprint density at radius 3 is 2.86 bits per heavy atom. The van der Waals surface area contributed by atoms with Gasteiger partial charge in [0.15, 0.2) is 0 Å². The summed E-state index contributed by atoms with van der Waals surface area (Å²) in [6.45, 7) is 6.05. The predicted octanol–water partition coefficient (Wildman–Crippen LogP) is 2.82. The Balaban J connectivity index is 2.11. The van der Waals surface area contributed by atoms with E-state index in [-0.39, 0.29) is 18.4 Å². The third-order valence-electron chi connectivity index (χ3n) is 3.47. The van der Waals surface area contributed by atoms with Gasteiger partial charge < -0.3 is 9.64 Å². The Hall–Kier alpha value is -1.62. The number of hydrogen-bond acceptors (Lipinski definition) is 4. The van der Waals surface area contributed by atoms with Crippen molar-refractivity contribution in [2.75, 3.05) is 19.7 Å². The smallest absolute Gasteiger partial charge is 0.325 e. The highest BCUT2D eigenvalue weighted by molar-refractivity contribution is 7.14. The molecule has 1 aliphatic carbocycles. The van der Waals surface area contributed by atoms with E-state index in [1.807, 2.05) is 6.07 Å². The summed E-state index contributed by atoms with van der Waals surface area (Å²) < 4.78 is 4.92. The lowest BCUT2D eigenvalue weighted by atomic mass is 9.99. The molecule has 0 spiro atoms. The molecule has 5 heteroatoms. The molecule has 0 aliphatic heterocycles. The van der Waals surface area contributed by atoms with Gasteiger partial charge in [-0.25, -0.2) is 0 Å². The zero-order chi connectivity index (χ0) is 15.2. The van der Waals surface area contributed by atoms with Crippen LogP contribution in [0.3, 0.4) is 0 Å². The molecular formula is C16H21NO3S. The lowest BCUT2D eigenvalue weighted by Crippen LogP contribution is -2.36. The van der Waals surface area contributed by atoms with E-state index in [9.17, 15) is 9.59 Å². The van der Waals surface area contributed by atoms with Crippen LogP contribution in [0.2, 0.25) is 0 Å². The number of rotatable bonds is 6. The van der Waals surface area contributed by atoms with Gasteiger partial charge in [0.2, 0.25) is 0 Å². The summed E-state index contributed by atoms with van der Waals surface area (Å²) >= 11 is 1.56. The number of amides is 1. The van der Waals surface area contributed by atoms with Crippen LogP contribution in [-0.2, 0) is 22.4 Å². The molecule has 0 bridgehead atoms. The molecule has 21 heavy (non-hydrogen) atoms. The molecule has 0 fully saturated rings. The number of carbonyl (C=O) groups is 2. The van der Waals surface area contributed by atoms with Crippen LogP contribution >= 0.6 is 11.3 Å². The zero-order valence-electron chi connectivity index (χ0n) is 12.4. The third-order valence-corrected chi connectivity index (χ3v) is 4.69. The van der Waals surface area contributed by atoms with E-state index in [0.29, 0.717) is 18.0 Å². The molecule has 2 rings (SSSR count). The first-order valence-corrected chi connectivity index (χ1v) is 8.14. The maximum absolute atomic E-state index is 12.6. The van der Waals surface area contributed by atoms with Crippen molar-refractivity contribution in [3.63, 3.8) is 0 Å². The second-order valence-corrected chi connectivity index (χ2v) is 6.18. The molecule has 1 aromatic rings. The molecule has 0 saturated carbocycles. The Labute approximate surface area is 129 Å². The van der Waals surface area contributed by atoms with Crippen LogP contribution in [0.1, 0.15) is 39.9 Å². The van der Waals surface area contributed by atoms with Crippen molar-refractivity contribution in [1.82, 2.24) is 4.90 Å². The molecule has 0 atom stereocenters. The maximum Gasteiger partial charge on any atom is 0.325 e. The summed E-state index contributed by atoms with van der Waals surface area (Å²) in [6, 6.07) is 1.99. The van der Waals surface area contributed by atoms with E-state index in [0.717, 1.165) is 12.8 Å². The van der Waals surface area contributed by atoms with Crippen molar-refractivity contribution in [3.8, 4) is 0 Å². The average molecular weight is 307 g/mol. The summed E-state index contributed by atoms with van der Waals surface area (Å²) in [5.41, 5.74) is 1.30. The number of nitrogens with zero attached hydrogens (tertiary/aromatic N) is 1. The van der Waals surface area contributed by atoms with Crippen molar-refractivity contribution >= 4 is 23.2 Å². The quantitative estimate of drug-likeness (QED) is 0.600. The van der Waals surface area contributed by atoms with E-state index in [2.05, 4.69) is 6.58 Å². The summed E-state index contributed by atoms with van der Waals surface area (Å²) in [5.74, 6) is -0.489. The molecule has 4 nitrogen and oxygen atoms in total. The monoisotopic (exact) mass is 307 g/mol. The summed E-state index contributed by atoms with van der Waals surface area (Å²) in [5, 5.41) is 0. The first-order valence-electron chi connectivity index (χ1n) is 7.33. The van der Waals surface area contributed by atoms with Gasteiger partial charge in [0, 0.05) is 11.4 Å². The number of thiophene rings is 1. The molecule has 1 amide bonds. The molecule has 0 N–H and O–H groups in total. The van der Waals surface area contributed by atoms with Gasteiger partial charge in [0.05, 0.1) is 11.5 Å². The summed E-state index contributed by atoms with van der Waals surface area (Å²) in [7, 11) is 0. The first-order chi connectivity index (χ1) is 10.2. The Kier molecular flexibility index (Phi) is 5.56. The fourth-order valence-electron chi connectivity index (χ4n) is 2.49. The highest BCUT2D eigenvalue weighted by atomic mass is 32.1. The molecule has 1 aliphatic rings. The number of aryl methyl sites for hydroxylation is 2. The number of hydrogen-bond donors (Lipinski definition) is 0. The van der Waals surface area contributed by atoms with Gasteiger partial charge in [-0.2, -0.15) is 0 Å². The van der Waals surface area contributed by atoms with Gasteiger partial charge in [0.1, 0.15) is 6.54 Å². The van der Waals surface area contributed by atoms with Gasteiger partial charge in [-0.3, -0.25) is 9.59 Å². The second kappa shape index (κ2) is 7.41. The van der Waals surface area contributed by atoms with Crippen molar-refractivity contribution < 1.29 is 14.3 Å². The number of fused-ring (bicyclic) bond motifs is 1. The maximum atomic E-state index is 12.6. The Morgan fingerprint density at radius 1 is 1.43 bits per heavy atom. The fourth-order valence-corrected chi connectivity index (χ4v) is 3.71. The SMILES string of the molecule is C=CCN(CC(=O)OCC)C(=O)c1cc2c(s1)CCCC2. The normalized spacial score (nSPS) is 13.4. The highest BCUT2D eigenvalue weighted by Crippen LogP contribution is 2.30. The van der Waals surface area contributed by atoms with E-state index >= 15 is 0 Å². The molecule has 114 valence electrons. The molecule has 0 radical (unpaired) electrons. The van der Waals surface area contributed by atoms with Gasteiger partial charge in [-0.1, -0.05) is 6.08 Å². The molecule has 1 heterocycles. The van der Waals surface area contributed by atoms with Crippen molar-refractivity contribution in [2.45, 2.75) is 32.6 Å². The molecular weight excluding hydrogens is 286 g/mol. The average Bonchev–Trinajstić information content (AvgIpc) is 2.90. The van der Waals surface area contributed by atoms with Crippen LogP contribution in [0.15, 0.2) is 18.7 Å². The Morgan fingerprint density at radius 2 is 2.19 bits per heavy atom. The van der Waals surface area contributed by atoms with E-state index in [4.69, 9.17) is 4.74 Å². The minimum Gasteiger partial charge on any atom is -0.465 e. The molecule has 0 aromatic carbocycles. The minimum atomic E-state index is -0.381. The van der Waals surface area contributed by atoms with Crippen molar-refractivity contribution in [3.05, 3.63) is 34.0 Å².